The van der Waals surface area contributed by atoms with Gasteiger partial charge in [-0.15, -0.1) is 0 Å². The van der Waals surface area contributed by atoms with Gasteiger partial charge in [0, 0.05) is 23.5 Å². The number of nitro groups is 1. The summed E-state index contributed by atoms with van der Waals surface area (Å²) in [5, 5.41) is 13.8. The zero-order valence-corrected chi connectivity index (χ0v) is 20.9. The minimum atomic E-state index is -4.67. The van der Waals surface area contributed by atoms with E-state index in [4.69, 9.17) is 4.74 Å². The Morgan fingerprint density at radius 1 is 0.902 bits per heavy atom. The molecular weight excluding hydrogens is 560 g/mol. The van der Waals surface area contributed by atoms with Gasteiger partial charge in [-0.25, -0.2) is 4.79 Å². The number of halogens is 6. The van der Waals surface area contributed by atoms with Gasteiger partial charge in [0.1, 0.15) is 5.70 Å². The molecule has 0 radical (unpaired) electrons. The molecule has 0 aromatic heterocycles. The number of hydrogen-bond donors (Lipinski definition) is 1. The predicted molar refractivity (Wildman–Crippen MR) is 133 cm³/mol. The van der Waals surface area contributed by atoms with Crippen molar-refractivity contribution in [3.8, 4) is 0 Å². The standard InChI is InChI=1S/C27H19F6N3O5/c1-2-41-25(38)21-22(34-18-9-5-16(6-10-18)26(28,29)30)24(37)35(19-13-7-17(8-14-19)27(31,32)33)23(21)15-3-11-20(12-4-15)36(39)40/h3-14,23,34H,2H2,1H3. The summed E-state index contributed by atoms with van der Waals surface area (Å²) in [7, 11) is 0. The van der Waals surface area contributed by atoms with Gasteiger partial charge in [-0.3, -0.25) is 19.8 Å². The fourth-order valence-electron chi connectivity index (χ4n) is 4.22. The minimum absolute atomic E-state index is 0.000123. The van der Waals surface area contributed by atoms with Crippen LogP contribution in [-0.4, -0.2) is 23.4 Å². The first-order valence-corrected chi connectivity index (χ1v) is 11.8. The first-order valence-electron chi connectivity index (χ1n) is 11.8. The number of non-ortho nitro benzene ring substituents is 1. The van der Waals surface area contributed by atoms with Crippen molar-refractivity contribution in [1.29, 1.82) is 0 Å². The summed E-state index contributed by atoms with van der Waals surface area (Å²) in [6, 6.07) is 10.6. The third-order valence-corrected chi connectivity index (χ3v) is 6.10. The van der Waals surface area contributed by atoms with Crippen molar-refractivity contribution in [2.75, 3.05) is 16.8 Å². The lowest BCUT2D eigenvalue weighted by Crippen LogP contribution is -2.32. The molecule has 3 aromatic rings. The van der Waals surface area contributed by atoms with Crippen LogP contribution in [0.4, 0.5) is 43.4 Å². The monoisotopic (exact) mass is 579 g/mol. The SMILES string of the molecule is CCOC(=O)C1=C(Nc2ccc(C(F)(F)F)cc2)C(=O)N(c2ccc(C(F)(F)F)cc2)C1c1ccc([N+](=O)[O-])cc1. The molecule has 0 saturated carbocycles. The van der Waals surface area contributed by atoms with Crippen molar-refractivity contribution in [3.05, 3.63) is 111 Å². The molecular formula is C27H19F6N3O5. The molecule has 1 unspecified atom stereocenters. The van der Waals surface area contributed by atoms with Crippen molar-refractivity contribution < 1.29 is 45.6 Å². The van der Waals surface area contributed by atoms with E-state index in [1.54, 1.807) is 0 Å². The highest BCUT2D eigenvalue weighted by atomic mass is 19.4. The minimum Gasteiger partial charge on any atom is -0.463 e. The molecule has 0 spiro atoms. The molecule has 41 heavy (non-hydrogen) atoms. The summed E-state index contributed by atoms with van der Waals surface area (Å²) in [4.78, 5) is 38.5. The number of nitrogens with one attached hydrogen (secondary N) is 1. The van der Waals surface area contributed by atoms with Crippen LogP contribution in [0.3, 0.4) is 0 Å². The molecule has 0 bridgehead atoms. The molecule has 1 aliphatic heterocycles. The largest absolute Gasteiger partial charge is 0.463 e. The van der Waals surface area contributed by atoms with Gasteiger partial charge < -0.3 is 10.1 Å². The smallest absolute Gasteiger partial charge is 0.416 e. The van der Waals surface area contributed by atoms with E-state index in [2.05, 4.69) is 5.32 Å². The van der Waals surface area contributed by atoms with Crippen LogP contribution >= 0.6 is 0 Å². The maximum absolute atomic E-state index is 13.8. The Morgan fingerprint density at radius 3 is 1.88 bits per heavy atom. The van der Waals surface area contributed by atoms with E-state index < -0.39 is 52.0 Å². The van der Waals surface area contributed by atoms with Crippen LogP contribution < -0.4 is 10.2 Å². The van der Waals surface area contributed by atoms with Crippen molar-refractivity contribution in [1.82, 2.24) is 0 Å². The first-order chi connectivity index (χ1) is 19.2. The van der Waals surface area contributed by atoms with Crippen molar-refractivity contribution in [2.24, 2.45) is 0 Å². The van der Waals surface area contributed by atoms with Gasteiger partial charge in [0.05, 0.1) is 34.3 Å². The summed E-state index contributed by atoms with van der Waals surface area (Å²) >= 11 is 0. The molecule has 4 rings (SSSR count). The zero-order chi connectivity index (χ0) is 30.1. The van der Waals surface area contributed by atoms with Crippen molar-refractivity contribution in [2.45, 2.75) is 25.3 Å². The van der Waals surface area contributed by atoms with Gasteiger partial charge in [0.2, 0.25) is 0 Å². The molecule has 1 N–H and O–H groups in total. The summed E-state index contributed by atoms with van der Waals surface area (Å²) < 4.78 is 83.8. The molecule has 0 saturated heterocycles. The van der Waals surface area contributed by atoms with Crippen LogP contribution in [0.25, 0.3) is 0 Å². The van der Waals surface area contributed by atoms with E-state index in [1.165, 1.54) is 19.1 Å². The van der Waals surface area contributed by atoms with E-state index in [9.17, 15) is 46.0 Å². The van der Waals surface area contributed by atoms with Gasteiger partial charge in [0.25, 0.3) is 11.6 Å². The highest BCUT2D eigenvalue weighted by Crippen LogP contribution is 2.43. The number of nitrogens with zero attached hydrogens (tertiary/aromatic N) is 2. The summed E-state index contributed by atoms with van der Waals surface area (Å²) in [5.74, 6) is -1.90. The molecule has 0 fully saturated rings. The fourth-order valence-corrected chi connectivity index (χ4v) is 4.22. The van der Waals surface area contributed by atoms with Crippen LogP contribution in [0, 0.1) is 10.1 Å². The lowest BCUT2D eigenvalue weighted by atomic mass is 9.98. The van der Waals surface area contributed by atoms with Gasteiger partial charge in [0.15, 0.2) is 0 Å². The number of nitro benzene ring substituents is 1. The molecule has 0 aliphatic carbocycles. The van der Waals surface area contributed by atoms with Crippen molar-refractivity contribution >= 4 is 28.9 Å². The number of anilines is 2. The first kappa shape index (κ1) is 29.1. The molecule has 1 aliphatic rings. The number of amides is 1. The van der Waals surface area contributed by atoms with Gasteiger partial charge in [-0.1, -0.05) is 0 Å². The van der Waals surface area contributed by atoms with E-state index in [0.29, 0.717) is 0 Å². The number of rotatable bonds is 7. The normalized spacial score (nSPS) is 15.7. The van der Waals surface area contributed by atoms with Gasteiger partial charge >= 0.3 is 18.3 Å². The molecule has 3 aromatic carbocycles. The second-order valence-corrected chi connectivity index (χ2v) is 8.68. The molecule has 1 heterocycles. The third kappa shape index (κ3) is 6.00. The van der Waals surface area contributed by atoms with E-state index in [0.717, 1.165) is 65.6 Å². The Balaban J connectivity index is 1.87. The Labute approximate surface area is 228 Å². The van der Waals surface area contributed by atoms with Gasteiger partial charge in [-0.2, -0.15) is 26.3 Å². The Kier molecular flexibility index (Phi) is 7.77. The maximum atomic E-state index is 13.8. The topological polar surface area (TPSA) is 102 Å². The highest BCUT2D eigenvalue weighted by molar-refractivity contribution is 6.18. The Morgan fingerprint density at radius 2 is 1.41 bits per heavy atom. The Bertz CT molecular complexity index is 1500. The lowest BCUT2D eigenvalue weighted by Gasteiger charge is -2.27. The van der Waals surface area contributed by atoms with Crippen molar-refractivity contribution in [3.63, 3.8) is 0 Å². The molecule has 214 valence electrons. The number of hydrogen-bond acceptors (Lipinski definition) is 6. The predicted octanol–water partition coefficient (Wildman–Crippen LogP) is 6.65. The molecule has 8 nitrogen and oxygen atoms in total. The van der Waals surface area contributed by atoms with Gasteiger partial charge in [-0.05, 0) is 73.2 Å². The number of carbonyl (C=O) groups is 2. The van der Waals surface area contributed by atoms with Crippen LogP contribution in [0.1, 0.15) is 29.7 Å². The van der Waals surface area contributed by atoms with E-state index in [1.807, 2.05) is 0 Å². The number of carbonyl (C=O) groups excluding carboxylic acids is 2. The molecule has 1 atom stereocenters. The van der Waals surface area contributed by atoms with E-state index >= 15 is 0 Å². The van der Waals surface area contributed by atoms with Crippen LogP contribution in [0.5, 0.6) is 0 Å². The molecule has 14 heteroatoms. The van der Waals surface area contributed by atoms with Crippen LogP contribution in [0.2, 0.25) is 0 Å². The maximum Gasteiger partial charge on any atom is 0.416 e. The number of ether oxygens (including phenoxy) is 1. The second-order valence-electron chi connectivity index (χ2n) is 8.68. The summed E-state index contributed by atoms with van der Waals surface area (Å²) in [5.41, 5.74) is -2.84. The van der Waals surface area contributed by atoms with Crippen LogP contribution in [0.15, 0.2) is 84.1 Å². The highest BCUT2D eigenvalue weighted by Gasteiger charge is 2.45. The summed E-state index contributed by atoms with van der Waals surface area (Å²) in [6.07, 6.45) is -9.30. The fraction of sp³-hybridized carbons (Fsp3) is 0.185. The summed E-state index contributed by atoms with van der Waals surface area (Å²) in [6.45, 7) is 1.37. The number of benzene rings is 3. The average molecular weight is 579 g/mol. The quantitative estimate of drug-likeness (QED) is 0.146. The second kappa shape index (κ2) is 10.9. The zero-order valence-electron chi connectivity index (χ0n) is 20.9. The third-order valence-electron chi connectivity index (χ3n) is 6.10. The Hall–Kier alpha value is -4.88. The molecule has 1 amide bonds. The number of alkyl halides is 6. The number of esters is 1. The van der Waals surface area contributed by atoms with Crippen LogP contribution in [-0.2, 0) is 26.7 Å². The lowest BCUT2D eigenvalue weighted by molar-refractivity contribution is -0.384. The average Bonchev–Trinajstić information content (AvgIpc) is 3.20. The van der Waals surface area contributed by atoms with E-state index in [-0.39, 0.29) is 34.8 Å².